The van der Waals surface area contributed by atoms with E-state index < -0.39 is 30.0 Å². The highest BCUT2D eigenvalue weighted by Crippen LogP contribution is 2.16. The largest absolute Gasteiger partial charge is 0.388 e. The second-order valence-electron chi connectivity index (χ2n) is 10.3. The van der Waals surface area contributed by atoms with Crippen molar-refractivity contribution < 1.29 is 33.7 Å². The van der Waals surface area contributed by atoms with Crippen molar-refractivity contribution in [3.8, 4) is 0 Å². The average Bonchev–Trinajstić information content (AvgIpc) is 3.46. The number of carbonyl (C=O) groups is 2. The number of aliphatic hydroxyl groups is 2. The van der Waals surface area contributed by atoms with Crippen molar-refractivity contribution in [3.63, 3.8) is 0 Å². The van der Waals surface area contributed by atoms with E-state index in [0.29, 0.717) is 38.5 Å². The van der Waals surface area contributed by atoms with Gasteiger partial charge in [-0.1, -0.05) is 32.0 Å². The Kier molecular flexibility index (Phi) is 13.2. The van der Waals surface area contributed by atoms with E-state index >= 15 is 0 Å². The standard InChI is InChI=1S/C30H41FN2O6S/c1-22(2)13-18-39-27-20-33(30(37)24-9-3-4-10-25(24)31)16-15-32(28(35)12-11-23-8-7-19-40-23)14-5-6-17-38-21-26(34)29(27)36/h3-4,7-12,19,22,26-27,29,34,36H,5-6,13-18,20-21H2,1-2H3/b12-11+/t26-,27-,29-/m1/s1. The summed E-state index contributed by atoms with van der Waals surface area (Å²) in [7, 11) is 0. The summed E-state index contributed by atoms with van der Waals surface area (Å²) in [6.45, 7) is 5.31. The van der Waals surface area contributed by atoms with E-state index in [1.54, 1.807) is 17.0 Å². The van der Waals surface area contributed by atoms with Crippen LogP contribution in [0.4, 0.5) is 4.39 Å². The third-order valence-electron chi connectivity index (χ3n) is 6.73. The molecule has 1 aromatic carbocycles. The number of carbonyl (C=O) groups excluding carboxylic acids is 2. The predicted molar refractivity (Wildman–Crippen MR) is 153 cm³/mol. The minimum absolute atomic E-state index is 0.0924. The van der Waals surface area contributed by atoms with E-state index in [1.807, 2.05) is 31.4 Å². The van der Waals surface area contributed by atoms with Crippen LogP contribution in [-0.4, -0.2) is 96.1 Å². The Morgan fingerprint density at radius 1 is 1.12 bits per heavy atom. The fourth-order valence-electron chi connectivity index (χ4n) is 4.29. The molecule has 40 heavy (non-hydrogen) atoms. The Bertz CT molecular complexity index is 1080. The number of hydrogen-bond donors (Lipinski definition) is 2. The summed E-state index contributed by atoms with van der Waals surface area (Å²) in [6.07, 6.45) is 1.80. The minimum atomic E-state index is -1.34. The van der Waals surface area contributed by atoms with E-state index in [4.69, 9.17) is 9.47 Å². The molecule has 1 aromatic heterocycles. The van der Waals surface area contributed by atoms with E-state index in [1.165, 1.54) is 40.5 Å². The molecule has 220 valence electrons. The van der Waals surface area contributed by atoms with Crippen LogP contribution >= 0.6 is 11.3 Å². The Labute approximate surface area is 240 Å². The monoisotopic (exact) mass is 576 g/mol. The summed E-state index contributed by atoms with van der Waals surface area (Å²) < 4.78 is 26.2. The molecule has 1 saturated heterocycles. The van der Waals surface area contributed by atoms with Gasteiger partial charge < -0.3 is 29.5 Å². The summed E-state index contributed by atoms with van der Waals surface area (Å²) in [4.78, 5) is 30.7. The first kappa shape index (κ1) is 31.9. The van der Waals surface area contributed by atoms with Gasteiger partial charge in [-0.3, -0.25) is 9.59 Å². The molecule has 1 aliphatic heterocycles. The summed E-state index contributed by atoms with van der Waals surface area (Å²) in [5.74, 6) is -1.09. The highest BCUT2D eigenvalue weighted by molar-refractivity contribution is 7.10. The molecule has 2 heterocycles. The molecule has 2 aromatic rings. The van der Waals surface area contributed by atoms with Crippen LogP contribution in [-0.2, 0) is 14.3 Å². The average molecular weight is 577 g/mol. The molecule has 10 heteroatoms. The van der Waals surface area contributed by atoms with Gasteiger partial charge in [-0.05, 0) is 54.8 Å². The summed E-state index contributed by atoms with van der Waals surface area (Å²) in [6, 6.07) is 9.54. The van der Waals surface area contributed by atoms with Crippen LogP contribution < -0.4 is 0 Å². The molecule has 3 atom stereocenters. The lowest BCUT2D eigenvalue weighted by Crippen LogP contribution is -2.51. The number of aliphatic hydroxyl groups excluding tert-OH is 2. The molecule has 2 amide bonds. The van der Waals surface area contributed by atoms with Gasteiger partial charge in [0.15, 0.2) is 0 Å². The van der Waals surface area contributed by atoms with Gasteiger partial charge in [0.1, 0.15) is 24.1 Å². The van der Waals surface area contributed by atoms with Crippen LogP contribution in [0.3, 0.4) is 0 Å². The Morgan fingerprint density at radius 3 is 2.62 bits per heavy atom. The lowest BCUT2D eigenvalue weighted by Gasteiger charge is -2.34. The zero-order valence-electron chi connectivity index (χ0n) is 23.3. The van der Waals surface area contributed by atoms with E-state index in [2.05, 4.69) is 0 Å². The van der Waals surface area contributed by atoms with Gasteiger partial charge >= 0.3 is 0 Å². The number of rotatable bonds is 7. The maximum Gasteiger partial charge on any atom is 0.256 e. The lowest BCUT2D eigenvalue weighted by molar-refractivity contribution is -0.127. The van der Waals surface area contributed by atoms with Crippen LogP contribution in [0.1, 0.15) is 48.3 Å². The maximum absolute atomic E-state index is 14.6. The van der Waals surface area contributed by atoms with Gasteiger partial charge in [0, 0.05) is 50.3 Å². The van der Waals surface area contributed by atoms with Crippen molar-refractivity contribution >= 4 is 29.2 Å². The first-order chi connectivity index (χ1) is 19.3. The number of ether oxygens (including phenoxy) is 2. The van der Waals surface area contributed by atoms with Crippen LogP contribution in [0.5, 0.6) is 0 Å². The Hall–Kier alpha value is -2.63. The van der Waals surface area contributed by atoms with Crippen LogP contribution in [0, 0.1) is 11.7 Å². The number of halogens is 1. The molecule has 0 spiro atoms. The van der Waals surface area contributed by atoms with Crippen LogP contribution in [0.25, 0.3) is 6.08 Å². The highest BCUT2D eigenvalue weighted by atomic mass is 32.1. The molecule has 8 nitrogen and oxygen atoms in total. The highest BCUT2D eigenvalue weighted by Gasteiger charge is 2.32. The first-order valence-corrected chi connectivity index (χ1v) is 14.7. The molecule has 3 rings (SSSR count). The van der Waals surface area contributed by atoms with E-state index in [-0.39, 0.29) is 37.7 Å². The molecule has 0 aliphatic carbocycles. The smallest absolute Gasteiger partial charge is 0.256 e. The topological polar surface area (TPSA) is 99.5 Å². The molecule has 0 saturated carbocycles. The SMILES string of the molecule is CC(C)CCO[C@@H]1CN(C(=O)c2ccccc2F)CCN(C(=O)/C=C/c2cccs2)CCCCOC[C@@H](O)[C@H]1O. The number of hydrogen-bond acceptors (Lipinski definition) is 7. The molecule has 1 aliphatic rings. The van der Waals surface area contributed by atoms with Gasteiger partial charge in [0.05, 0.1) is 12.2 Å². The van der Waals surface area contributed by atoms with E-state index in [0.717, 1.165) is 11.3 Å². The maximum atomic E-state index is 14.6. The van der Waals surface area contributed by atoms with Gasteiger partial charge in [0.2, 0.25) is 5.91 Å². The number of amides is 2. The number of thiophene rings is 1. The molecule has 0 radical (unpaired) electrons. The zero-order valence-corrected chi connectivity index (χ0v) is 24.1. The van der Waals surface area contributed by atoms with Crippen molar-refractivity contribution in [2.75, 3.05) is 46.0 Å². The third kappa shape index (κ3) is 10.1. The molecule has 1 fully saturated rings. The van der Waals surface area contributed by atoms with Crippen molar-refractivity contribution in [1.82, 2.24) is 9.80 Å². The quantitative estimate of drug-likeness (QED) is 0.486. The Morgan fingerprint density at radius 2 is 1.90 bits per heavy atom. The third-order valence-corrected chi connectivity index (χ3v) is 7.57. The molecule has 0 bridgehead atoms. The van der Waals surface area contributed by atoms with Gasteiger partial charge in [0.25, 0.3) is 5.91 Å². The fourth-order valence-corrected chi connectivity index (χ4v) is 4.91. The Balaban J connectivity index is 1.87. The number of benzene rings is 1. The lowest BCUT2D eigenvalue weighted by atomic mass is 10.1. The number of nitrogens with zero attached hydrogens (tertiary/aromatic N) is 2. The van der Waals surface area contributed by atoms with Gasteiger partial charge in [-0.2, -0.15) is 0 Å². The molecule has 0 unspecified atom stereocenters. The second kappa shape index (κ2) is 16.6. The van der Waals surface area contributed by atoms with Crippen molar-refractivity contribution in [1.29, 1.82) is 0 Å². The minimum Gasteiger partial charge on any atom is -0.388 e. The summed E-state index contributed by atoms with van der Waals surface area (Å²) >= 11 is 1.53. The van der Waals surface area contributed by atoms with Crippen molar-refractivity contribution in [2.24, 2.45) is 5.92 Å². The first-order valence-electron chi connectivity index (χ1n) is 13.9. The van der Waals surface area contributed by atoms with Gasteiger partial charge in [-0.25, -0.2) is 4.39 Å². The van der Waals surface area contributed by atoms with Crippen LogP contribution in [0.15, 0.2) is 47.9 Å². The summed E-state index contributed by atoms with van der Waals surface area (Å²) in [5.41, 5.74) is -0.113. The second-order valence-corrected chi connectivity index (χ2v) is 11.3. The zero-order chi connectivity index (χ0) is 28.9. The van der Waals surface area contributed by atoms with Gasteiger partial charge in [-0.15, -0.1) is 11.3 Å². The predicted octanol–water partition coefficient (Wildman–Crippen LogP) is 3.83. The van der Waals surface area contributed by atoms with E-state index in [9.17, 15) is 24.2 Å². The van der Waals surface area contributed by atoms with Crippen molar-refractivity contribution in [2.45, 2.75) is 51.4 Å². The van der Waals surface area contributed by atoms with Crippen LogP contribution in [0.2, 0.25) is 0 Å². The normalized spacial score (nSPS) is 22.0. The molecular formula is C30H41FN2O6S. The van der Waals surface area contributed by atoms with Crippen molar-refractivity contribution in [3.05, 3.63) is 64.1 Å². The fraction of sp³-hybridized carbons (Fsp3) is 0.533. The molecule has 2 N–H and O–H groups in total. The summed E-state index contributed by atoms with van der Waals surface area (Å²) in [5, 5.41) is 23.6. The molecular weight excluding hydrogens is 535 g/mol.